The molecule has 0 aliphatic heterocycles. The van der Waals surface area contributed by atoms with Crippen molar-refractivity contribution in [2.45, 2.75) is 67.2 Å². The predicted octanol–water partition coefficient (Wildman–Crippen LogP) is 8.03. The van der Waals surface area contributed by atoms with E-state index in [1.54, 1.807) is 22.7 Å². The van der Waals surface area contributed by atoms with Crippen LogP contribution in [0.4, 0.5) is 0 Å². The molecule has 4 nitrogen and oxygen atoms in total. The summed E-state index contributed by atoms with van der Waals surface area (Å²) in [7, 11) is 5.34. The maximum atomic E-state index is 9.00. The average Bonchev–Trinajstić information content (AvgIpc) is 3.75. The van der Waals surface area contributed by atoms with Crippen LogP contribution < -0.4 is 17.0 Å². The number of nitrogens with zero attached hydrogens (tertiary/aromatic N) is 1. The van der Waals surface area contributed by atoms with Gasteiger partial charge in [0.1, 0.15) is 0 Å². The Balaban J connectivity index is -0.0000000954. The first-order chi connectivity index (χ1) is 19.1. The maximum absolute atomic E-state index is 9.00. The van der Waals surface area contributed by atoms with Gasteiger partial charge in [0.05, 0.1) is 3.79 Å². The van der Waals surface area contributed by atoms with Crippen LogP contribution in [0.5, 0.6) is 0 Å². The van der Waals surface area contributed by atoms with Crippen molar-refractivity contribution in [2.75, 3.05) is 7.11 Å². The second kappa shape index (κ2) is 40.7. The van der Waals surface area contributed by atoms with E-state index in [0.29, 0.717) is 0 Å². The van der Waals surface area contributed by atoms with Crippen LogP contribution in [0.15, 0.2) is 65.1 Å². The van der Waals surface area contributed by atoms with Gasteiger partial charge in [0, 0.05) is 43.4 Å². The second-order valence-electron chi connectivity index (χ2n) is 7.16. The molecule has 1 radical (unpaired) electrons. The van der Waals surface area contributed by atoms with Crippen LogP contribution in [0.1, 0.15) is 59.7 Å². The SMILES string of the molecule is CC(=O)O.CCc1cc(Br)cs1.CCc1cc(C)cs1.CCc1ccc(Br)s1.CCc1cccs1.CO.[B]=NS.[Br-].[CH3-].[Mg+2]. The molecule has 0 bridgehead atoms. The number of aliphatic hydroxyl groups is 1. The first-order valence-corrected chi connectivity index (χ1v) is 17.7. The molecule has 0 saturated heterocycles. The molecule has 0 spiro atoms. The van der Waals surface area contributed by atoms with Crippen LogP contribution in [-0.2, 0) is 30.5 Å². The van der Waals surface area contributed by atoms with E-state index >= 15 is 0 Å². The fourth-order valence-corrected chi connectivity index (χ4v) is 6.58. The van der Waals surface area contributed by atoms with Crippen molar-refractivity contribution in [3.8, 4) is 0 Å². The first-order valence-electron chi connectivity index (χ1n) is 12.3. The minimum atomic E-state index is -0.833. The minimum absolute atomic E-state index is 0. The molecule has 4 rings (SSSR count). The standard InChI is InChI=1S/C7H10S.2C6H7BrS.C6H8S.C2H4O2.CH4O.CH3.BHNS.BrH.Mg/c1-3-7-4-6(2)5-8-7;1-2-6-3-5(7)4-8-6;1-2-5-3-4-6(7)8-5;1-2-6-4-3-5-7-6;1-2(3)4;1-2;;1-2-3;;/h4-5H,3H2,1-2H3;2*3-4H,2H2,1H3;3-5H,2H2,1H3;1H3,(H,3,4);2H,1H3;1H3;3H;1H;/q;;;;;;-1;;;+2/p-1. The Morgan fingerprint density at radius 3 is 1.51 bits per heavy atom. The number of thiophene rings is 4. The smallest absolute Gasteiger partial charge is 1.00 e. The topological polar surface area (TPSA) is 69.9 Å². The van der Waals surface area contributed by atoms with Gasteiger partial charge in [-0.3, -0.25) is 4.79 Å². The van der Waals surface area contributed by atoms with Crippen LogP contribution in [-0.4, -0.2) is 54.0 Å². The van der Waals surface area contributed by atoms with Gasteiger partial charge >= 0.3 is 47.8 Å². The molecule has 4 heterocycles. The van der Waals surface area contributed by atoms with Gasteiger partial charge in [-0.25, -0.2) is 0 Å². The molecule has 14 heteroatoms. The summed E-state index contributed by atoms with van der Waals surface area (Å²) in [5.41, 5.74) is 1.40. The van der Waals surface area contributed by atoms with E-state index in [-0.39, 0.29) is 47.5 Å². The third-order valence-corrected chi connectivity index (χ3v) is 9.84. The third-order valence-electron chi connectivity index (χ3n) is 4.01. The number of aliphatic carboxylic acids is 1. The van der Waals surface area contributed by atoms with Crippen LogP contribution >= 0.6 is 90.0 Å². The van der Waals surface area contributed by atoms with E-state index in [1.807, 2.05) is 22.7 Å². The summed E-state index contributed by atoms with van der Waals surface area (Å²) in [5, 5.41) is 20.8. The summed E-state index contributed by atoms with van der Waals surface area (Å²) >= 11 is 17.2. The minimum Gasteiger partial charge on any atom is -1.00 e. The molecule has 0 fully saturated rings. The van der Waals surface area contributed by atoms with Gasteiger partial charge in [-0.05, 0) is 111 Å². The zero-order valence-electron chi connectivity index (χ0n) is 26.3. The van der Waals surface area contributed by atoms with Crippen molar-refractivity contribution in [3.05, 3.63) is 93.3 Å². The van der Waals surface area contributed by atoms with Gasteiger partial charge in [-0.1, -0.05) is 33.8 Å². The molecule has 2 N–H and O–H groups in total. The number of carboxylic acid groups (broad SMARTS) is 1. The second-order valence-corrected chi connectivity index (χ2v) is 13.9. The number of thiol groups is 1. The van der Waals surface area contributed by atoms with Crippen LogP contribution in [0.3, 0.4) is 0 Å². The molecule has 0 aliphatic carbocycles. The Hall–Kier alpha value is 0.651. The third kappa shape index (κ3) is 38.7. The van der Waals surface area contributed by atoms with Crippen molar-refractivity contribution < 1.29 is 32.0 Å². The molecule has 239 valence electrons. The van der Waals surface area contributed by atoms with E-state index in [9.17, 15) is 0 Å². The molecule has 0 aliphatic rings. The fourth-order valence-electron chi connectivity index (χ4n) is 2.27. The molecule has 0 atom stereocenters. The Labute approximate surface area is 327 Å². The molecular weight excluding hydrogens is 845 g/mol. The van der Waals surface area contributed by atoms with E-state index in [2.05, 4.69) is 144 Å². The Morgan fingerprint density at radius 1 is 0.884 bits per heavy atom. The monoisotopic (exact) mass is 886 g/mol. The maximum Gasteiger partial charge on any atom is 2.00 e. The Bertz CT molecular complexity index is 1010. The van der Waals surface area contributed by atoms with Gasteiger partial charge in [0.25, 0.3) is 5.97 Å². The summed E-state index contributed by atoms with van der Waals surface area (Å²) in [5.74, 6) is -0.833. The van der Waals surface area contributed by atoms with Gasteiger partial charge < -0.3 is 34.6 Å². The summed E-state index contributed by atoms with van der Waals surface area (Å²) < 4.78 is 5.13. The van der Waals surface area contributed by atoms with Gasteiger partial charge in [0.2, 0.25) is 0 Å². The van der Waals surface area contributed by atoms with E-state index < -0.39 is 5.97 Å². The van der Waals surface area contributed by atoms with Gasteiger partial charge in [-0.15, -0.1) is 45.3 Å². The molecule has 43 heavy (non-hydrogen) atoms. The number of hydrogen-bond acceptors (Lipinski definition) is 8. The molecule has 4 aromatic rings. The summed E-state index contributed by atoms with van der Waals surface area (Å²) in [6, 6.07) is 12.9. The zero-order chi connectivity index (χ0) is 31.3. The summed E-state index contributed by atoms with van der Waals surface area (Å²) in [6.07, 6.45) is 4.66. The van der Waals surface area contributed by atoms with Crippen LogP contribution in [0.2, 0.25) is 0 Å². The Kier molecular flexibility index (Phi) is 53.0. The van der Waals surface area contributed by atoms with Gasteiger partial charge in [0.15, 0.2) is 0 Å². The number of carboxylic acids is 1. The normalized spacial score (nSPS) is 7.95. The quantitative estimate of drug-likeness (QED) is 0.111. The number of halogens is 3. The fraction of sp³-hybridized carbons (Fsp3) is 0.379. The van der Waals surface area contributed by atoms with Crippen molar-refractivity contribution in [3.63, 3.8) is 0 Å². The molecule has 0 amide bonds. The molecule has 0 aromatic carbocycles. The van der Waals surface area contributed by atoms with E-state index in [4.69, 9.17) is 15.0 Å². The van der Waals surface area contributed by atoms with Gasteiger partial charge in [-0.2, -0.15) is 0 Å². The number of aliphatic hydroxyl groups excluding tert-OH is 1. The van der Waals surface area contributed by atoms with Crippen LogP contribution in [0, 0.1) is 14.4 Å². The number of carbonyl (C=O) groups is 1. The number of rotatable bonds is 4. The largest absolute Gasteiger partial charge is 2.00 e. The Morgan fingerprint density at radius 2 is 1.33 bits per heavy atom. The number of aryl methyl sites for hydroxylation is 5. The first kappa shape index (κ1) is 56.0. The van der Waals surface area contributed by atoms with Crippen LogP contribution in [0.25, 0.3) is 0 Å². The number of hydrogen-bond donors (Lipinski definition) is 3. The average molecular weight is 890 g/mol. The molecule has 0 unspecified atom stereocenters. The van der Waals surface area contributed by atoms with E-state index in [0.717, 1.165) is 26.9 Å². The molecule has 4 aromatic heterocycles. The summed E-state index contributed by atoms with van der Waals surface area (Å²) in [6.45, 7) is 11.9. The van der Waals surface area contributed by atoms with Crippen molar-refractivity contribution in [2.24, 2.45) is 4.30 Å². The van der Waals surface area contributed by atoms with Crippen molar-refractivity contribution in [1.29, 1.82) is 0 Å². The molecule has 0 saturated carbocycles. The molecular formula is C29H44BBr3MgNO3S5. The van der Waals surface area contributed by atoms with E-state index in [1.165, 1.54) is 46.2 Å². The van der Waals surface area contributed by atoms with Crippen molar-refractivity contribution in [1.82, 2.24) is 0 Å². The van der Waals surface area contributed by atoms with Crippen molar-refractivity contribution >= 4 is 127 Å². The zero-order valence-corrected chi connectivity index (χ0v) is 36.6. The summed E-state index contributed by atoms with van der Waals surface area (Å²) in [4.78, 5) is 14.8. The predicted molar refractivity (Wildman–Crippen MR) is 206 cm³/mol.